The summed E-state index contributed by atoms with van der Waals surface area (Å²) in [7, 11) is 0. The molecule has 0 bridgehead atoms. The highest BCUT2D eigenvalue weighted by atomic mass is 32.2. The molecule has 0 aliphatic carbocycles. The maximum atomic E-state index is 11.7. The van der Waals surface area contributed by atoms with Gasteiger partial charge in [0, 0.05) is 4.75 Å². The second kappa shape index (κ2) is 5.45. The van der Waals surface area contributed by atoms with Crippen LogP contribution >= 0.6 is 11.8 Å². The van der Waals surface area contributed by atoms with E-state index < -0.39 is 21.6 Å². The fraction of sp³-hybridized carbons (Fsp3) is 0.278. The van der Waals surface area contributed by atoms with Crippen LogP contribution in [0.2, 0.25) is 0 Å². The van der Waals surface area contributed by atoms with Gasteiger partial charge in [0.2, 0.25) is 0 Å². The van der Waals surface area contributed by atoms with Gasteiger partial charge in [-0.2, -0.15) is 0 Å². The van der Waals surface area contributed by atoms with Gasteiger partial charge in [0.15, 0.2) is 0 Å². The lowest BCUT2D eigenvalue weighted by Gasteiger charge is -2.31. The Morgan fingerprint density at radius 1 is 1.00 bits per heavy atom. The highest BCUT2D eigenvalue weighted by Crippen LogP contribution is 2.53. The summed E-state index contributed by atoms with van der Waals surface area (Å²) in [5.74, 6) is -0.814. The van der Waals surface area contributed by atoms with E-state index >= 15 is 0 Å². The third kappa shape index (κ3) is 2.42. The topological polar surface area (TPSA) is 49.3 Å². The van der Waals surface area contributed by atoms with Gasteiger partial charge < -0.3 is 5.11 Å². The summed E-state index contributed by atoms with van der Waals surface area (Å²) in [6.45, 7) is 3.97. The van der Waals surface area contributed by atoms with E-state index in [9.17, 15) is 9.90 Å². The molecule has 1 aliphatic rings. The van der Waals surface area contributed by atoms with E-state index in [0.29, 0.717) is 0 Å². The molecule has 2 aromatic carbocycles. The minimum Gasteiger partial charge on any atom is -0.480 e. The zero-order valence-corrected chi connectivity index (χ0v) is 13.4. The van der Waals surface area contributed by atoms with E-state index in [1.54, 1.807) is 11.8 Å². The molecule has 1 aliphatic heterocycles. The molecule has 114 valence electrons. The van der Waals surface area contributed by atoms with Crippen LogP contribution in [0.5, 0.6) is 0 Å². The van der Waals surface area contributed by atoms with E-state index in [2.05, 4.69) is 5.32 Å². The average molecular weight is 313 g/mol. The van der Waals surface area contributed by atoms with Gasteiger partial charge in [-0.05, 0) is 25.0 Å². The Labute approximate surface area is 134 Å². The third-order valence-corrected chi connectivity index (χ3v) is 5.72. The third-order valence-electron chi connectivity index (χ3n) is 4.07. The van der Waals surface area contributed by atoms with Gasteiger partial charge in [-0.25, -0.2) is 0 Å². The SMILES string of the molecule is CC1(C)SC(c2ccccc2)(c2ccccc2)NC1C(=O)O. The van der Waals surface area contributed by atoms with E-state index in [1.807, 2.05) is 74.5 Å². The van der Waals surface area contributed by atoms with Crippen molar-refractivity contribution in [3.8, 4) is 0 Å². The smallest absolute Gasteiger partial charge is 0.322 e. The van der Waals surface area contributed by atoms with E-state index in [-0.39, 0.29) is 0 Å². The summed E-state index contributed by atoms with van der Waals surface area (Å²) < 4.78 is -0.419. The molecule has 3 nitrogen and oxygen atoms in total. The first kappa shape index (κ1) is 15.1. The second-order valence-electron chi connectivity index (χ2n) is 6.03. The first-order valence-corrected chi connectivity index (χ1v) is 8.09. The van der Waals surface area contributed by atoms with Crippen molar-refractivity contribution in [2.45, 2.75) is 29.5 Å². The van der Waals surface area contributed by atoms with Crippen molar-refractivity contribution in [2.75, 3.05) is 0 Å². The van der Waals surface area contributed by atoms with Crippen molar-refractivity contribution in [1.82, 2.24) is 5.32 Å². The number of nitrogens with one attached hydrogen (secondary N) is 1. The van der Waals surface area contributed by atoms with Crippen LogP contribution < -0.4 is 5.32 Å². The number of aliphatic carboxylic acids is 1. The van der Waals surface area contributed by atoms with Crippen LogP contribution in [0.1, 0.15) is 25.0 Å². The number of thioether (sulfide) groups is 1. The van der Waals surface area contributed by atoms with Crippen LogP contribution in [-0.4, -0.2) is 21.9 Å². The molecule has 2 aromatic rings. The minimum absolute atomic E-state index is 0.419. The maximum absolute atomic E-state index is 11.7. The summed E-state index contributed by atoms with van der Waals surface area (Å²) >= 11 is 1.67. The van der Waals surface area contributed by atoms with Gasteiger partial charge in [0.05, 0.1) is 0 Å². The highest BCUT2D eigenvalue weighted by Gasteiger charge is 2.54. The van der Waals surface area contributed by atoms with Crippen molar-refractivity contribution < 1.29 is 9.90 Å². The molecular weight excluding hydrogens is 294 g/mol. The lowest BCUT2D eigenvalue weighted by atomic mass is 9.95. The molecule has 1 fully saturated rings. The summed E-state index contributed by atoms with van der Waals surface area (Å²) in [4.78, 5) is 11.1. The molecule has 0 amide bonds. The summed E-state index contributed by atoms with van der Waals surface area (Å²) in [5, 5.41) is 13.0. The molecule has 1 unspecified atom stereocenters. The Morgan fingerprint density at radius 3 is 1.82 bits per heavy atom. The molecule has 0 radical (unpaired) electrons. The molecular formula is C18H19NO2S. The van der Waals surface area contributed by atoms with Crippen LogP contribution in [0.15, 0.2) is 60.7 Å². The quantitative estimate of drug-likeness (QED) is 0.911. The number of hydrogen-bond donors (Lipinski definition) is 2. The minimum atomic E-state index is -0.814. The van der Waals surface area contributed by atoms with Crippen LogP contribution in [0, 0.1) is 0 Å². The van der Waals surface area contributed by atoms with Crippen LogP contribution in [-0.2, 0) is 9.67 Å². The van der Waals surface area contributed by atoms with E-state index in [4.69, 9.17) is 0 Å². The van der Waals surface area contributed by atoms with Crippen molar-refractivity contribution in [2.24, 2.45) is 0 Å². The molecule has 1 atom stereocenters. The fourth-order valence-corrected chi connectivity index (χ4v) is 4.77. The highest BCUT2D eigenvalue weighted by molar-refractivity contribution is 8.02. The zero-order valence-electron chi connectivity index (χ0n) is 12.6. The number of carbonyl (C=O) groups is 1. The zero-order chi connectivity index (χ0) is 15.8. The van der Waals surface area contributed by atoms with Crippen molar-refractivity contribution in [1.29, 1.82) is 0 Å². The fourth-order valence-electron chi connectivity index (χ4n) is 3.02. The molecule has 4 heteroatoms. The summed E-state index contributed by atoms with van der Waals surface area (Å²) in [5.41, 5.74) is 2.14. The monoisotopic (exact) mass is 313 g/mol. The van der Waals surface area contributed by atoms with Gasteiger partial charge in [-0.1, -0.05) is 60.7 Å². The Bertz CT molecular complexity index is 631. The Balaban J connectivity index is 2.17. The Morgan fingerprint density at radius 2 is 1.45 bits per heavy atom. The van der Waals surface area contributed by atoms with Gasteiger partial charge in [-0.15, -0.1) is 11.8 Å². The molecule has 1 heterocycles. The molecule has 0 spiro atoms. The largest absolute Gasteiger partial charge is 0.480 e. The lowest BCUT2D eigenvalue weighted by molar-refractivity contribution is -0.140. The Kier molecular flexibility index (Phi) is 3.75. The molecule has 2 N–H and O–H groups in total. The number of rotatable bonds is 3. The average Bonchev–Trinajstić information content (AvgIpc) is 2.82. The van der Waals surface area contributed by atoms with Gasteiger partial charge in [-0.3, -0.25) is 10.1 Å². The number of hydrogen-bond acceptors (Lipinski definition) is 3. The van der Waals surface area contributed by atoms with Gasteiger partial charge in [0.25, 0.3) is 0 Å². The Hall–Kier alpha value is -1.78. The summed E-state index contributed by atoms with van der Waals surface area (Å²) in [6, 6.07) is 19.5. The predicted molar refractivity (Wildman–Crippen MR) is 89.9 cm³/mol. The number of carboxylic acids is 1. The standard InChI is InChI=1S/C18H19NO2S/c1-17(2)15(16(20)21)19-18(22-17,13-9-5-3-6-10-13)14-11-7-4-8-12-14/h3-12,15,19H,1-2H3,(H,20,21). The number of carboxylic acid groups (broad SMARTS) is 1. The van der Waals surface area contributed by atoms with Crippen LogP contribution in [0.4, 0.5) is 0 Å². The normalized spacial score (nSPS) is 22.4. The van der Waals surface area contributed by atoms with Crippen LogP contribution in [0.25, 0.3) is 0 Å². The maximum Gasteiger partial charge on any atom is 0.322 e. The first-order chi connectivity index (χ1) is 10.5. The van der Waals surface area contributed by atoms with E-state index in [0.717, 1.165) is 11.1 Å². The molecule has 22 heavy (non-hydrogen) atoms. The van der Waals surface area contributed by atoms with Crippen molar-refractivity contribution >= 4 is 17.7 Å². The van der Waals surface area contributed by atoms with E-state index in [1.165, 1.54) is 0 Å². The second-order valence-corrected chi connectivity index (χ2v) is 7.90. The van der Waals surface area contributed by atoms with Crippen LogP contribution in [0.3, 0.4) is 0 Å². The molecule has 0 aromatic heterocycles. The molecule has 0 saturated carbocycles. The predicted octanol–water partition coefficient (Wildman–Crippen LogP) is 3.46. The lowest BCUT2D eigenvalue weighted by Crippen LogP contribution is -2.47. The summed E-state index contributed by atoms with van der Waals surface area (Å²) in [6.07, 6.45) is 0. The first-order valence-electron chi connectivity index (χ1n) is 7.27. The molecule has 1 saturated heterocycles. The van der Waals surface area contributed by atoms with Crippen molar-refractivity contribution in [3.63, 3.8) is 0 Å². The molecule has 3 rings (SSSR count). The van der Waals surface area contributed by atoms with Gasteiger partial charge in [0.1, 0.15) is 10.9 Å². The van der Waals surface area contributed by atoms with Gasteiger partial charge >= 0.3 is 5.97 Å². The number of benzene rings is 2. The van der Waals surface area contributed by atoms with Crippen molar-refractivity contribution in [3.05, 3.63) is 71.8 Å².